The standard InChI is InChI=1S/C13H24N4/c1-4-12(9-15-11(2)3)17-8-7-16-6-5-14-13(16)10-17/h5-6,11-12,15H,4,7-10H2,1-3H3. The molecule has 0 bridgehead atoms. The minimum absolute atomic E-state index is 0.566. The molecule has 17 heavy (non-hydrogen) atoms. The summed E-state index contributed by atoms with van der Waals surface area (Å²) >= 11 is 0. The Hall–Kier alpha value is -0.870. The Balaban J connectivity index is 1.93. The molecule has 4 heteroatoms. The largest absolute Gasteiger partial charge is 0.333 e. The van der Waals surface area contributed by atoms with Crippen molar-refractivity contribution in [3.63, 3.8) is 0 Å². The molecule has 1 unspecified atom stereocenters. The molecule has 0 aromatic carbocycles. The first-order valence-electron chi connectivity index (χ1n) is 6.68. The molecule has 0 fully saturated rings. The summed E-state index contributed by atoms with van der Waals surface area (Å²) in [6.07, 6.45) is 5.19. The summed E-state index contributed by atoms with van der Waals surface area (Å²) in [5.41, 5.74) is 0. The lowest BCUT2D eigenvalue weighted by molar-refractivity contribution is 0.143. The molecule has 1 aromatic rings. The van der Waals surface area contributed by atoms with E-state index in [1.165, 1.54) is 12.2 Å². The Labute approximate surface area is 104 Å². The predicted molar refractivity (Wildman–Crippen MR) is 69.9 cm³/mol. The molecule has 0 aliphatic carbocycles. The SMILES string of the molecule is CCC(CNC(C)C)N1CCn2ccnc2C1. The monoisotopic (exact) mass is 236 g/mol. The molecule has 1 aliphatic heterocycles. The second kappa shape index (κ2) is 5.65. The van der Waals surface area contributed by atoms with Gasteiger partial charge in [0, 0.05) is 44.1 Å². The zero-order valence-electron chi connectivity index (χ0n) is 11.2. The van der Waals surface area contributed by atoms with E-state index in [0.717, 1.165) is 26.2 Å². The molecule has 0 amide bonds. The van der Waals surface area contributed by atoms with E-state index in [9.17, 15) is 0 Å². The normalized spacial score (nSPS) is 18.4. The molecule has 1 N–H and O–H groups in total. The predicted octanol–water partition coefficient (Wildman–Crippen LogP) is 1.48. The van der Waals surface area contributed by atoms with Gasteiger partial charge in [0.2, 0.25) is 0 Å². The van der Waals surface area contributed by atoms with Crippen LogP contribution in [0.1, 0.15) is 33.0 Å². The summed E-state index contributed by atoms with van der Waals surface area (Å²) < 4.78 is 2.26. The van der Waals surface area contributed by atoms with E-state index >= 15 is 0 Å². The summed E-state index contributed by atoms with van der Waals surface area (Å²) in [6.45, 7) is 11.0. The fourth-order valence-corrected chi connectivity index (χ4v) is 2.41. The van der Waals surface area contributed by atoms with Gasteiger partial charge >= 0.3 is 0 Å². The third-order valence-corrected chi connectivity index (χ3v) is 3.52. The summed E-state index contributed by atoms with van der Waals surface area (Å²) in [7, 11) is 0. The molecular formula is C13H24N4. The topological polar surface area (TPSA) is 33.1 Å². The third-order valence-electron chi connectivity index (χ3n) is 3.52. The molecule has 1 aliphatic rings. The maximum absolute atomic E-state index is 4.42. The van der Waals surface area contributed by atoms with Gasteiger partial charge in [-0.25, -0.2) is 4.98 Å². The van der Waals surface area contributed by atoms with Crippen molar-refractivity contribution in [2.75, 3.05) is 13.1 Å². The second-order valence-corrected chi connectivity index (χ2v) is 5.13. The fraction of sp³-hybridized carbons (Fsp3) is 0.769. The number of fused-ring (bicyclic) bond motifs is 1. The van der Waals surface area contributed by atoms with Crippen LogP contribution >= 0.6 is 0 Å². The summed E-state index contributed by atoms with van der Waals surface area (Å²) in [6, 6.07) is 1.19. The quantitative estimate of drug-likeness (QED) is 0.840. The van der Waals surface area contributed by atoms with Gasteiger partial charge in [-0.15, -0.1) is 0 Å². The molecule has 2 heterocycles. The number of hydrogen-bond acceptors (Lipinski definition) is 3. The number of nitrogens with one attached hydrogen (secondary N) is 1. The molecule has 4 nitrogen and oxygen atoms in total. The van der Waals surface area contributed by atoms with Crippen molar-refractivity contribution in [1.29, 1.82) is 0 Å². The van der Waals surface area contributed by atoms with Crippen molar-refractivity contribution in [2.45, 2.75) is 52.4 Å². The van der Waals surface area contributed by atoms with Gasteiger partial charge in [-0.2, -0.15) is 0 Å². The van der Waals surface area contributed by atoms with E-state index in [1.807, 2.05) is 6.20 Å². The van der Waals surface area contributed by atoms with Gasteiger partial charge in [-0.05, 0) is 6.42 Å². The Morgan fingerprint density at radius 1 is 1.41 bits per heavy atom. The molecule has 0 saturated carbocycles. The van der Waals surface area contributed by atoms with Crippen molar-refractivity contribution in [1.82, 2.24) is 19.8 Å². The van der Waals surface area contributed by atoms with Crippen LogP contribution in [0.4, 0.5) is 0 Å². The third kappa shape index (κ3) is 3.07. The molecule has 1 atom stereocenters. The highest BCUT2D eigenvalue weighted by atomic mass is 15.3. The molecule has 0 saturated heterocycles. The van der Waals surface area contributed by atoms with E-state index < -0.39 is 0 Å². The van der Waals surface area contributed by atoms with Crippen LogP contribution in [0.3, 0.4) is 0 Å². The van der Waals surface area contributed by atoms with Crippen LogP contribution in [0.15, 0.2) is 12.4 Å². The second-order valence-electron chi connectivity index (χ2n) is 5.13. The van der Waals surface area contributed by atoms with Crippen LogP contribution in [0, 0.1) is 0 Å². The van der Waals surface area contributed by atoms with E-state index in [4.69, 9.17) is 0 Å². The van der Waals surface area contributed by atoms with Gasteiger partial charge in [-0.1, -0.05) is 20.8 Å². The van der Waals surface area contributed by atoms with Gasteiger partial charge < -0.3 is 9.88 Å². The Kier molecular flexibility index (Phi) is 4.18. The summed E-state index contributed by atoms with van der Waals surface area (Å²) in [5, 5.41) is 3.54. The number of aromatic nitrogens is 2. The van der Waals surface area contributed by atoms with E-state index in [-0.39, 0.29) is 0 Å². The van der Waals surface area contributed by atoms with E-state index in [1.54, 1.807) is 0 Å². The van der Waals surface area contributed by atoms with Gasteiger partial charge in [0.1, 0.15) is 5.82 Å². The number of imidazole rings is 1. The van der Waals surface area contributed by atoms with Crippen molar-refractivity contribution < 1.29 is 0 Å². The Morgan fingerprint density at radius 2 is 2.24 bits per heavy atom. The van der Waals surface area contributed by atoms with Crippen molar-refractivity contribution in [3.8, 4) is 0 Å². The first-order valence-corrected chi connectivity index (χ1v) is 6.68. The highest BCUT2D eigenvalue weighted by Crippen LogP contribution is 2.14. The van der Waals surface area contributed by atoms with Crippen LogP contribution in [0.25, 0.3) is 0 Å². The lowest BCUT2D eigenvalue weighted by Crippen LogP contribution is -2.46. The van der Waals surface area contributed by atoms with Crippen LogP contribution < -0.4 is 5.32 Å². The molecular weight excluding hydrogens is 212 g/mol. The maximum Gasteiger partial charge on any atom is 0.122 e. The van der Waals surface area contributed by atoms with Crippen LogP contribution in [-0.4, -0.2) is 39.6 Å². The van der Waals surface area contributed by atoms with Crippen LogP contribution in [0.2, 0.25) is 0 Å². The maximum atomic E-state index is 4.42. The zero-order valence-corrected chi connectivity index (χ0v) is 11.2. The zero-order chi connectivity index (χ0) is 12.3. The minimum atomic E-state index is 0.566. The lowest BCUT2D eigenvalue weighted by atomic mass is 10.1. The van der Waals surface area contributed by atoms with Crippen molar-refractivity contribution in [3.05, 3.63) is 18.2 Å². The first-order chi connectivity index (χ1) is 8.20. The van der Waals surface area contributed by atoms with Crippen LogP contribution in [-0.2, 0) is 13.1 Å². The molecule has 1 aromatic heterocycles. The van der Waals surface area contributed by atoms with Gasteiger partial charge in [0.25, 0.3) is 0 Å². The number of rotatable bonds is 5. The molecule has 96 valence electrons. The van der Waals surface area contributed by atoms with E-state index in [2.05, 4.69) is 46.7 Å². The van der Waals surface area contributed by atoms with Crippen LogP contribution in [0.5, 0.6) is 0 Å². The van der Waals surface area contributed by atoms with Gasteiger partial charge in [0.05, 0.1) is 6.54 Å². The van der Waals surface area contributed by atoms with E-state index in [0.29, 0.717) is 12.1 Å². The van der Waals surface area contributed by atoms with Gasteiger partial charge in [0.15, 0.2) is 0 Å². The molecule has 0 spiro atoms. The Bertz CT molecular complexity index is 345. The average Bonchev–Trinajstić information content (AvgIpc) is 2.76. The van der Waals surface area contributed by atoms with Crippen molar-refractivity contribution >= 4 is 0 Å². The molecule has 2 rings (SSSR count). The lowest BCUT2D eigenvalue weighted by Gasteiger charge is -2.34. The van der Waals surface area contributed by atoms with Crippen molar-refractivity contribution in [2.24, 2.45) is 0 Å². The first kappa shape index (κ1) is 12.6. The average molecular weight is 236 g/mol. The summed E-state index contributed by atoms with van der Waals surface area (Å²) in [4.78, 5) is 6.97. The fourth-order valence-electron chi connectivity index (χ4n) is 2.41. The van der Waals surface area contributed by atoms with Gasteiger partial charge in [-0.3, -0.25) is 4.90 Å². The Morgan fingerprint density at radius 3 is 2.94 bits per heavy atom. The smallest absolute Gasteiger partial charge is 0.122 e. The number of nitrogens with zero attached hydrogens (tertiary/aromatic N) is 3. The highest BCUT2D eigenvalue weighted by molar-refractivity contribution is 4.96. The summed E-state index contributed by atoms with van der Waals surface area (Å²) in [5.74, 6) is 1.21. The highest BCUT2D eigenvalue weighted by Gasteiger charge is 2.22. The molecule has 0 radical (unpaired) electrons. The number of hydrogen-bond donors (Lipinski definition) is 1. The minimum Gasteiger partial charge on any atom is -0.333 e.